The number of nitrogens with one attached hydrogen (secondary N) is 1. The highest BCUT2D eigenvalue weighted by molar-refractivity contribution is 7.13. The number of aromatic carboxylic acids is 1. The summed E-state index contributed by atoms with van der Waals surface area (Å²) in [6, 6.07) is 4.71. The van der Waals surface area contributed by atoms with Crippen molar-refractivity contribution in [2.24, 2.45) is 0 Å². The lowest BCUT2D eigenvalue weighted by Crippen LogP contribution is -2.12. The fourth-order valence-corrected chi connectivity index (χ4v) is 2.73. The number of hydrogen-bond acceptors (Lipinski definition) is 4. The minimum atomic E-state index is -0.977. The minimum absolute atomic E-state index is 0.226. The summed E-state index contributed by atoms with van der Waals surface area (Å²) in [5.74, 6) is -1.20. The summed E-state index contributed by atoms with van der Waals surface area (Å²) in [4.78, 5) is 27.8. The Balaban J connectivity index is 2.22. The van der Waals surface area contributed by atoms with E-state index in [9.17, 15) is 9.59 Å². The maximum Gasteiger partial charge on any atom is 0.335 e. The molecule has 20 heavy (non-hydrogen) atoms. The molecule has 0 saturated heterocycles. The molecule has 1 heterocycles. The third-order valence-corrected chi connectivity index (χ3v) is 3.90. The van der Waals surface area contributed by atoms with Crippen molar-refractivity contribution in [3.05, 3.63) is 44.9 Å². The van der Waals surface area contributed by atoms with E-state index in [0.717, 1.165) is 5.01 Å². The SMILES string of the molecule is Cc1nc(C)c(C(=O)Nc2ccc(C(=O)O)c(C)c2)s1. The second-order valence-electron chi connectivity index (χ2n) is 4.44. The Labute approximate surface area is 120 Å². The highest BCUT2D eigenvalue weighted by Crippen LogP contribution is 2.20. The number of benzene rings is 1. The van der Waals surface area contributed by atoms with Gasteiger partial charge in [0.2, 0.25) is 0 Å². The molecule has 0 unspecified atom stereocenters. The normalized spacial score (nSPS) is 10.3. The zero-order valence-electron chi connectivity index (χ0n) is 11.4. The van der Waals surface area contributed by atoms with Gasteiger partial charge in [0, 0.05) is 5.69 Å². The third kappa shape index (κ3) is 2.85. The van der Waals surface area contributed by atoms with Crippen LogP contribution in [-0.4, -0.2) is 22.0 Å². The van der Waals surface area contributed by atoms with Crippen LogP contribution in [0.3, 0.4) is 0 Å². The number of carbonyl (C=O) groups is 2. The molecule has 0 aliphatic carbocycles. The molecular weight excluding hydrogens is 276 g/mol. The molecule has 5 nitrogen and oxygen atoms in total. The van der Waals surface area contributed by atoms with Gasteiger partial charge in [-0.15, -0.1) is 11.3 Å². The summed E-state index contributed by atoms with van der Waals surface area (Å²) in [6.07, 6.45) is 0. The van der Waals surface area contributed by atoms with Crippen LogP contribution < -0.4 is 5.32 Å². The van der Waals surface area contributed by atoms with E-state index in [1.807, 2.05) is 6.92 Å². The Morgan fingerprint density at radius 1 is 1.25 bits per heavy atom. The summed E-state index contributed by atoms with van der Waals surface area (Å²) in [5.41, 5.74) is 2.10. The number of aromatic nitrogens is 1. The highest BCUT2D eigenvalue weighted by Gasteiger charge is 2.15. The van der Waals surface area contributed by atoms with Gasteiger partial charge in [-0.25, -0.2) is 9.78 Å². The molecule has 0 bridgehead atoms. The van der Waals surface area contributed by atoms with Crippen LogP contribution in [0.25, 0.3) is 0 Å². The first-order chi connectivity index (χ1) is 9.38. The number of carboxylic acid groups (broad SMARTS) is 1. The van der Waals surface area contributed by atoms with Crippen molar-refractivity contribution in [2.45, 2.75) is 20.8 Å². The second kappa shape index (κ2) is 5.42. The summed E-state index contributed by atoms with van der Waals surface area (Å²) in [6.45, 7) is 5.33. The van der Waals surface area contributed by atoms with Gasteiger partial charge in [-0.3, -0.25) is 4.79 Å². The molecule has 0 spiro atoms. The Hall–Kier alpha value is -2.21. The van der Waals surface area contributed by atoms with Gasteiger partial charge in [0.05, 0.1) is 16.3 Å². The quantitative estimate of drug-likeness (QED) is 0.910. The lowest BCUT2D eigenvalue weighted by Gasteiger charge is -2.07. The predicted molar refractivity (Wildman–Crippen MR) is 77.7 cm³/mol. The Bertz CT molecular complexity index is 692. The van der Waals surface area contributed by atoms with Gasteiger partial charge in [0.1, 0.15) is 4.88 Å². The molecule has 0 atom stereocenters. The van der Waals surface area contributed by atoms with E-state index in [2.05, 4.69) is 10.3 Å². The Kier molecular flexibility index (Phi) is 3.85. The summed E-state index contributed by atoms with van der Waals surface area (Å²) in [7, 11) is 0. The number of carboxylic acids is 1. The Morgan fingerprint density at radius 3 is 2.45 bits per heavy atom. The van der Waals surface area contributed by atoms with Crippen molar-refractivity contribution < 1.29 is 14.7 Å². The van der Waals surface area contributed by atoms with Gasteiger partial charge >= 0.3 is 5.97 Å². The molecule has 2 aromatic rings. The number of carbonyl (C=O) groups excluding carboxylic acids is 1. The zero-order valence-corrected chi connectivity index (χ0v) is 12.2. The van der Waals surface area contributed by atoms with Crippen molar-refractivity contribution in [1.29, 1.82) is 0 Å². The summed E-state index contributed by atoms with van der Waals surface area (Å²) in [5, 5.41) is 12.6. The van der Waals surface area contributed by atoms with Crippen LogP contribution in [0.4, 0.5) is 5.69 Å². The lowest BCUT2D eigenvalue weighted by atomic mass is 10.1. The van der Waals surface area contributed by atoms with Crippen molar-refractivity contribution in [1.82, 2.24) is 4.98 Å². The molecule has 0 saturated carbocycles. The molecule has 6 heteroatoms. The standard InChI is InChI=1S/C14H14N2O3S/c1-7-6-10(4-5-11(7)14(18)19)16-13(17)12-8(2)15-9(3)20-12/h4-6H,1-3H3,(H,16,17)(H,18,19). The number of thiazole rings is 1. The van der Waals surface area contributed by atoms with E-state index in [4.69, 9.17) is 5.11 Å². The molecular formula is C14H14N2O3S. The van der Waals surface area contributed by atoms with Crippen LogP contribution >= 0.6 is 11.3 Å². The number of rotatable bonds is 3. The molecule has 104 valence electrons. The first kappa shape index (κ1) is 14.2. The van der Waals surface area contributed by atoms with Crippen molar-refractivity contribution in [3.8, 4) is 0 Å². The van der Waals surface area contributed by atoms with E-state index < -0.39 is 5.97 Å². The third-order valence-electron chi connectivity index (χ3n) is 2.82. The maximum absolute atomic E-state index is 12.1. The number of anilines is 1. The number of amides is 1. The fraction of sp³-hybridized carbons (Fsp3) is 0.214. The molecule has 0 radical (unpaired) electrons. The van der Waals surface area contributed by atoms with Gasteiger partial charge in [0.15, 0.2) is 0 Å². The van der Waals surface area contributed by atoms with Crippen LogP contribution in [0.15, 0.2) is 18.2 Å². The number of aryl methyl sites for hydroxylation is 3. The van der Waals surface area contributed by atoms with Crippen LogP contribution in [0.5, 0.6) is 0 Å². The number of hydrogen-bond donors (Lipinski definition) is 2. The topological polar surface area (TPSA) is 79.3 Å². The molecule has 0 fully saturated rings. The summed E-state index contributed by atoms with van der Waals surface area (Å²) >= 11 is 1.34. The van der Waals surface area contributed by atoms with Gasteiger partial charge in [-0.05, 0) is 44.5 Å². The van der Waals surface area contributed by atoms with E-state index in [1.54, 1.807) is 26.0 Å². The smallest absolute Gasteiger partial charge is 0.335 e. The molecule has 1 amide bonds. The average Bonchev–Trinajstić information content (AvgIpc) is 2.68. The van der Waals surface area contributed by atoms with Gasteiger partial charge < -0.3 is 10.4 Å². The lowest BCUT2D eigenvalue weighted by molar-refractivity contribution is 0.0696. The van der Waals surface area contributed by atoms with Crippen LogP contribution in [0, 0.1) is 20.8 Å². The van der Waals surface area contributed by atoms with Gasteiger partial charge in [-0.1, -0.05) is 0 Å². The van der Waals surface area contributed by atoms with Crippen LogP contribution in [-0.2, 0) is 0 Å². The molecule has 1 aromatic carbocycles. The maximum atomic E-state index is 12.1. The van der Waals surface area contributed by atoms with Crippen molar-refractivity contribution in [2.75, 3.05) is 5.32 Å². The molecule has 0 aliphatic rings. The fourth-order valence-electron chi connectivity index (χ4n) is 1.91. The highest BCUT2D eigenvalue weighted by atomic mass is 32.1. The summed E-state index contributed by atoms with van der Waals surface area (Å²) < 4.78 is 0. The van der Waals surface area contributed by atoms with Gasteiger partial charge in [0.25, 0.3) is 5.91 Å². The molecule has 0 aliphatic heterocycles. The second-order valence-corrected chi connectivity index (χ2v) is 5.64. The Morgan fingerprint density at radius 2 is 1.95 bits per heavy atom. The average molecular weight is 290 g/mol. The number of nitrogens with zero attached hydrogens (tertiary/aromatic N) is 1. The molecule has 2 N–H and O–H groups in total. The van der Waals surface area contributed by atoms with Crippen molar-refractivity contribution >= 4 is 28.9 Å². The minimum Gasteiger partial charge on any atom is -0.478 e. The van der Waals surface area contributed by atoms with E-state index >= 15 is 0 Å². The first-order valence-corrected chi connectivity index (χ1v) is 6.79. The predicted octanol–water partition coefficient (Wildman–Crippen LogP) is 3.02. The van der Waals surface area contributed by atoms with Crippen molar-refractivity contribution in [3.63, 3.8) is 0 Å². The zero-order chi connectivity index (χ0) is 14.9. The van der Waals surface area contributed by atoms with Gasteiger partial charge in [-0.2, -0.15) is 0 Å². The molecule has 2 rings (SSSR count). The monoisotopic (exact) mass is 290 g/mol. The van der Waals surface area contributed by atoms with E-state index in [0.29, 0.717) is 21.8 Å². The van der Waals surface area contributed by atoms with Crippen LogP contribution in [0.2, 0.25) is 0 Å². The van der Waals surface area contributed by atoms with Crippen LogP contribution in [0.1, 0.15) is 36.3 Å². The van der Waals surface area contributed by atoms with E-state index in [1.165, 1.54) is 17.4 Å². The molecule has 1 aromatic heterocycles. The first-order valence-electron chi connectivity index (χ1n) is 5.98. The van der Waals surface area contributed by atoms with E-state index in [-0.39, 0.29) is 11.5 Å². The largest absolute Gasteiger partial charge is 0.478 e.